The molecule has 4 rings (SSSR count). The Kier molecular flexibility index (Phi) is 2.93. The SMILES string of the molecule is OC(c1ccc(OC2CC2)cc1)c1coc2ccccc12. The second-order valence-electron chi connectivity index (χ2n) is 5.48. The molecule has 1 aromatic heterocycles. The zero-order valence-corrected chi connectivity index (χ0v) is 11.5. The van der Waals surface area contributed by atoms with E-state index in [-0.39, 0.29) is 0 Å². The summed E-state index contributed by atoms with van der Waals surface area (Å²) < 4.78 is 11.2. The normalized spacial score (nSPS) is 16.0. The quantitative estimate of drug-likeness (QED) is 0.783. The van der Waals surface area contributed by atoms with Gasteiger partial charge < -0.3 is 14.3 Å². The maximum atomic E-state index is 10.6. The van der Waals surface area contributed by atoms with Gasteiger partial charge in [-0.1, -0.05) is 30.3 Å². The fraction of sp³-hybridized carbons (Fsp3) is 0.222. The van der Waals surface area contributed by atoms with Crippen molar-refractivity contribution >= 4 is 11.0 Å². The van der Waals surface area contributed by atoms with Gasteiger partial charge in [0.2, 0.25) is 0 Å². The van der Waals surface area contributed by atoms with Crippen molar-refractivity contribution in [3.8, 4) is 5.75 Å². The first-order valence-electron chi connectivity index (χ1n) is 7.22. The molecule has 3 heteroatoms. The van der Waals surface area contributed by atoms with E-state index >= 15 is 0 Å². The van der Waals surface area contributed by atoms with Crippen LogP contribution in [-0.4, -0.2) is 11.2 Å². The third-order valence-electron chi connectivity index (χ3n) is 3.83. The minimum absolute atomic E-state index is 0.388. The molecule has 0 spiro atoms. The minimum atomic E-state index is -0.691. The highest BCUT2D eigenvalue weighted by molar-refractivity contribution is 5.81. The molecule has 0 bridgehead atoms. The number of aliphatic hydroxyl groups excluding tert-OH is 1. The van der Waals surface area contributed by atoms with Crippen LogP contribution in [0.15, 0.2) is 59.2 Å². The molecule has 1 aliphatic carbocycles. The highest BCUT2D eigenvalue weighted by Gasteiger charge is 2.23. The van der Waals surface area contributed by atoms with Crippen LogP contribution in [0.2, 0.25) is 0 Å². The summed E-state index contributed by atoms with van der Waals surface area (Å²) in [6.07, 6.45) is 3.61. The largest absolute Gasteiger partial charge is 0.490 e. The highest BCUT2D eigenvalue weighted by atomic mass is 16.5. The average molecular weight is 280 g/mol. The summed E-state index contributed by atoms with van der Waals surface area (Å²) >= 11 is 0. The molecular formula is C18H16O3. The van der Waals surface area contributed by atoms with Crippen molar-refractivity contribution in [2.75, 3.05) is 0 Å². The predicted octanol–water partition coefficient (Wildman–Crippen LogP) is 4.06. The number of benzene rings is 2. The van der Waals surface area contributed by atoms with Crippen LogP contribution < -0.4 is 4.74 Å². The third-order valence-corrected chi connectivity index (χ3v) is 3.83. The maximum absolute atomic E-state index is 10.6. The Labute approximate surface area is 122 Å². The smallest absolute Gasteiger partial charge is 0.134 e. The summed E-state index contributed by atoms with van der Waals surface area (Å²) in [6.45, 7) is 0. The van der Waals surface area contributed by atoms with Crippen molar-refractivity contribution in [2.24, 2.45) is 0 Å². The van der Waals surface area contributed by atoms with Gasteiger partial charge >= 0.3 is 0 Å². The summed E-state index contributed by atoms with van der Waals surface area (Å²) in [5.74, 6) is 0.866. The lowest BCUT2D eigenvalue weighted by atomic mass is 10.0. The third kappa shape index (κ3) is 2.41. The molecular weight excluding hydrogens is 264 g/mol. The van der Waals surface area contributed by atoms with Crippen LogP contribution in [0.3, 0.4) is 0 Å². The van der Waals surface area contributed by atoms with Crippen molar-refractivity contribution in [3.63, 3.8) is 0 Å². The summed E-state index contributed by atoms with van der Waals surface area (Å²) in [5.41, 5.74) is 2.42. The van der Waals surface area contributed by atoms with E-state index in [1.165, 1.54) is 0 Å². The van der Waals surface area contributed by atoms with Gasteiger partial charge in [0, 0.05) is 10.9 Å². The van der Waals surface area contributed by atoms with Gasteiger partial charge in [-0.25, -0.2) is 0 Å². The summed E-state index contributed by atoms with van der Waals surface area (Å²) in [6, 6.07) is 15.4. The van der Waals surface area contributed by atoms with Gasteiger partial charge in [-0.3, -0.25) is 0 Å². The van der Waals surface area contributed by atoms with E-state index in [1.54, 1.807) is 6.26 Å². The lowest BCUT2D eigenvalue weighted by molar-refractivity contribution is 0.220. The molecule has 1 unspecified atom stereocenters. The first-order valence-corrected chi connectivity index (χ1v) is 7.22. The van der Waals surface area contributed by atoms with E-state index in [4.69, 9.17) is 9.15 Å². The molecule has 3 aromatic rings. The molecule has 1 aliphatic rings. The second kappa shape index (κ2) is 4.93. The van der Waals surface area contributed by atoms with Gasteiger partial charge in [0.05, 0.1) is 12.4 Å². The van der Waals surface area contributed by atoms with E-state index < -0.39 is 6.10 Å². The summed E-state index contributed by atoms with van der Waals surface area (Å²) in [7, 11) is 0. The topological polar surface area (TPSA) is 42.6 Å². The van der Waals surface area contributed by atoms with Gasteiger partial charge in [-0.2, -0.15) is 0 Å². The van der Waals surface area contributed by atoms with Crippen LogP contribution in [0.25, 0.3) is 11.0 Å². The fourth-order valence-corrected chi connectivity index (χ4v) is 2.50. The average Bonchev–Trinajstić information content (AvgIpc) is 3.23. The summed E-state index contributed by atoms with van der Waals surface area (Å²) in [5, 5.41) is 11.5. The van der Waals surface area contributed by atoms with Crippen LogP contribution in [0.4, 0.5) is 0 Å². The van der Waals surface area contributed by atoms with Crippen molar-refractivity contribution in [1.82, 2.24) is 0 Å². The van der Waals surface area contributed by atoms with E-state index in [1.807, 2.05) is 48.5 Å². The molecule has 1 N–H and O–H groups in total. The zero-order valence-electron chi connectivity index (χ0n) is 11.5. The molecule has 0 aliphatic heterocycles. The maximum Gasteiger partial charge on any atom is 0.134 e. The molecule has 1 saturated carbocycles. The van der Waals surface area contributed by atoms with Crippen LogP contribution in [0.1, 0.15) is 30.1 Å². The van der Waals surface area contributed by atoms with Gasteiger partial charge in [0.15, 0.2) is 0 Å². The fourth-order valence-electron chi connectivity index (χ4n) is 2.50. The number of ether oxygens (including phenoxy) is 1. The molecule has 1 fully saturated rings. The Bertz CT molecular complexity index is 753. The van der Waals surface area contributed by atoms with Gasteiger partial charge in [0.25, 0.3) is 0 Å². The number of hydrogen-bond donors (Lipinski definition) is 1. The first-order chi connectivity index (χ1) is 10.3. The number of furan rings is 1. The molecule has 1 atom stereocenters. The van der Waals surface area contributed by atoms with Crippen LogP contribution in [0.5, 0.6) is 5.75 Å². The van der Waals surface area contributed by atoms with Crippen molar-refractivity contribution < 1.29 is 14.3 Å². The lowest BCUT2D eigenvalue weighted by Crippen LogP contribution is -2.00. The monoisotopic (exact) mass is 280 g/mol. The van der Waals surface area contributed by atoms with Crippen molar-refractivity contribution in [2.45, 2.75) is 25.0 Å². The second-order valence-corrected chi connectivity index (χ2v) is 5.48. The molecule has 1 heterocycles. The molecule has 106 valence electrons. The van der Waals surface area contributed by atoms with Crippen LogP contribution >= 0.6 is 0 Å². The van der Waals surface area contributed by atoms with Crippen LogP contribution in [-0.2, 0) is 0 Å². The van der Waals surface area contributed by atoms with Crippen molar-refractivity contribution in [1.29, 1.82) is 0 Å². The molecule has 3 nitrogen and oxygen atoms in total. The molecule has 0 radical (unpaired) electrons. The van der Waals surface area contributed by atoms with Gasteiger partial charge in [-0.15, -0.1) is 0 Å². The van der Waals surface area contributed by atoms with Gasteiger partial charge in [-0.05, 0) is 36.6 Å². The van der Waals surface area contributed by atoms with E-state index in [0.29, 0.717) is 6.10 Å². The van der Waals surface area contributed by atoms with Crippen molar-refractivity contribution in [3.05, 3.63) is 65.9 Å². The zero-order chi connectivity index (χ0) is 14.2. The standard InChI is InChI=1S/C18H16O3/c19-18(16-11-20-17-4-2-1-3-15(16)17)12-5-7-13(8-6-12)21-14-9-10-14/h1-8,11,14,18-19H,9-10H2. The van der Waals surface area contributed by atoms with E-state index in [9.17, 15) is 5.11 Å². The Morgan fingerprint density at radius 1 is 1.05 bits per heavy atom. The number of hydrogen-bond acceptors (Lipinski definition) is 3. The Morgan fingerprint density at radius 2 is 1.81 bits per heavy atom. The first kappa shape index (κ1) is 12.5. The Balaban J connectivity index is 1.62. The van der Waals surface area contributed by atoms with Crippen LogP contribution in [0, 0.1) is 0 Å². The van der Waals surface area contributed by atoms with E-state index in [0.717, 1.165) is 40.7 Å². The molecule has 0 amide bonds. The molecule has 2 aromatic carbocycles. The highest BCUT2D eigenvalue weighted by Crippen LogP contribution is 2.32. The Morgan fingerprint density at radius 3 is 2.57 bits per heavy atom. The van der Waals surface area contributed by atoms with Gasteiger partial charge in [0.1, 0.15) is 17.4 Å². The lowest BCUT2D eigenvalue weighted by Gasteiger charge is -2.11. The number of rotatable bonds is 4. The summed E-state index contributed by atoms with van der Waals surface area (Å²) in [4.78, 5) is 0. The van der Waals surface area contributed by atoms with E-state index in [2.05, 4.69) is 0 Å². The predicted molar refractivity (Wildman–Crippen MR) is 80.4 cm³/mol. The molecule has 0 saturated heterocycles. The number of aliphatic hydroxyl groups is 1. The number of para-hydroxylation sites is 1. The minimum Gasteiger partial charge on any atom is -0.490 e. The Hall–Kier alpha value is -2.26. The molecule has 21 heavy (non-hydrogen) atoms. The number of fused-ring (bicyclic) bond motifs is 1.